The van der Waals surface area contributed by atoms with Crippen molar-refractivity contribution in [3.63, 3.8) is 0 Å². The summed E-state index contributed by atoms with van der Waals surface area (Å²) in [5.41, 5.74) is 11.2. The van der Waals surface area contributed by atoms with Crippen LogP contribution in [-0.2, 0) is 0 Å². The minimum absolute atomic E-state index is 0.0392. The van der Waals surface area contributed by atoms with Crippen LogP contribution in [0, 0.1) is 46.3 Å². The van der Waals surface area contributed by atoms with Crippen molar-refractivity contribution in [2.45, 2.75) is 131 Å². The van der Waals surface area contributed by atoms with E-state index in [1.165, 1.54) is 51.4 Å². The Labute approximate surface area is 252 Å². The van der Waals surface area contributed by atoms with Crippen LogP contribution in [0.5, 0.6) is 0 Å². The van der Waals surface area contributed by atoms with Gasteiger partial charge in [0.1, 0.15) is 0 Å². The fourth-order valence-corrected chi connectivity index (χ4v) is 10.2. The summed E-state index contributed by atoms with van der Waals surface area (Å²) < 4.78 is 0. The molecule has 8 atom stereocenters. The zero-order valence-corrected chi connectivity index (χ0v) is 27.2. The third kappa shape index (κ3) is 7.34. The molecule has 4 aliphatic rings. The van der Waals surface area contributed by atoms with E-state index in [9.17, 15) is 9.90 Å². The Kier molecular flexibility index (Phi) is 11.7. The van der Waals surface area contributed by atoms with Crippen molar-refractivity contribution in [3.8, 4) is 0 Å². The molecule has 0 aliphatic heterocycles. The normalized spacial score (nSPS) is 35.4. The summed E-state index contributed by atoms with van der Waals surface area (Å²) in [6.45, 7) is 15.8. The first-order valence-electron chi connectivity index (χ1n) is 17.5. The summed E-state index contributed by atoms with van der Waals surface area (Å²) in [4.78, 5) is 12.3. The molecule has 5 N–H and O–H groups in total. The molecule has 0 heterocycles. The number of carbonyl (C=O) groups is 1. The largest absolute Gasteiger partial charge is 0.464 e. The molecule has 0 aromatic rings. The Balaban J connectivity index is 1.34. The Bertz CT molecular complexity index is 876. The molecule has 4 rings (SSSR count). The van der Waals surface area contributed by atoms with Gasteiger partial charge in [-0.1, -0.05) is 65.5 Å². The number of rotatable bonds is 15. The molecule has 1 amide bonds. The summed E-state index contributed by atoms with van der Waals surface area (Å²) in [7, 11) is 0. The number of carboxylic acid groups (broad SMARTS) is 1. The Morgan fingerprint density at radius 1 is 1.00 bits per heavy atom. The number of fused-ring (bicyclic) bond motifs is 5. The highest BCUT2D eigenvalue weighted by Gasteiger charge is 2.59. The first-order chi connectivity index (χ1) is 19.6. The van der Waals surface area contributed by atoms with Crippen LogP contribution in [0.15, 0.2) is 11.6 Å². The number of allylic oxidation sites excluding steroid dienone is 1. The monoisotopic (exact) mass is 573 g/mol. The Hall–Kier alpha value is -1.11. The minimum atomic E-state index is -0.836. The van der Waals surface area contributed by atoms with Gasteiger partial charge in [-0.05, 0) is 137 Å². The lowest BCUT2D eigenvalue weighted by atomic mass is 9.47. The smallest absolute Gasteiger partial charge is 0.422 e. The minimum Gasteiger partial charge on any atom is -0.464 e. The number of hydrogen-bond donors (Lipinski definition) is 4. The molecule has 6 nitrogen and oxygen atoms in total. The molecule has 0 saturated heterocycles. The molecule has 4 aliphatic carbocycles. The van der Waals surface area contributed by atoms with Gasteiger partial charge in [0.2, 0.25) is 0 Å². The first kappa shape index (κ1) is 32.8. The molecular weight excluding hydrogens is 508 g/mol. The van der Waals surface area contributed by atoms with Crippen LogP contribution in [0.4, 0.5) is 4.79 Å². The van der Waals surface area contributed by atoms with Gasteiger partial charge in [0.05, 0.1) is 6.04 Å². The highest BCUT2D eigenvalue weighted by atomic mass is 16.4. The highest BCUT2D eigenvalue weighted by Crippen LogP contribution is 2.67. The van der Waals surface area contributed by atoms with E-state index in [2.05, 4.69) is 51.4 Å². The van der Waals surface area contributed by atoms with Gasteiger partial charge < -0.3 is 16.2 Å². The van der Waals surface area contributed by atoms with E-state index in [-0.39, 0.29) is 11.5 Å². The second-order valence-electron chi connectivity index (χ2n) is 15.3. The van der Waals surface area contributed by atoms with Gasteiger partial charge in [0, 0.05) is 6.54 Å². The molecular formula is C35H64N4O2. The maximum Gasteiger partial charge on any atom is 0.422 e. The fourth-order valence-electron chi connectivity index (χ4n) is 10.2. The predicted molar refractivity (Wildman–Crippen MR) is 170 cm³/mol. The number of unbranched alkanes of at least 4 members (excludes halogenated alkanes) is 1. The summed E-state index contributed by atoms with van der Waals surface area (Å²) in [6, 6.07) is 0.0392. The summed E-state index contributed by atoms with van der Waals surface area (Å²) >= 11 is 0. The van der Waals surface area contributed by atoms with E-state index < -0.39 is 6.09 Å². The summed E-state index contributed by atoms with van der Waals surface area (Å²) in [5.74, 6) is 5.02. The third-order valence-electron chi connectivity index (χ3n) is 12.5. The molecule has 0 aromatic carbocycles. The quantitative estimate of drug-likeness (QED) is 0.0921. The summed E-state index contributed by atoms with van der Waals surface area (Å²) in [6.07, 6.45) is 18.8. The van der Waals surface area contributed by atoms with E-state index in [1.807, 2.05) is 0 Å². The van der Waals surface area contributed by atoms with E-state index in [0.717, 1.165) is 93.7 Å². The average molecular weight is 573 g/mol. The fraction of sp³-hybridized carbons (Fsp3) is 0.914. The average Bonchev–Trinajstić information content (AvgIpc) is 3.29. The van der Waals surface area contributed by atoms with E-state index >= 15 is 0 Å². The van der Waals surface area contributed by atoms with Gasteiger partial charge in [-0.2, -0.15) is 0 Å². The first-order valence-corrected chi connectivity index (χ1v) is 17.5. The van der Waals surface area contributed by atoms with Gasteiger partial charge in [0.25, 0.3) is 0 Å². The van der Waals surface area contributed by atoms with Crippen LogP contribution in [-0.4, -0.2) is 48.4 Å². The van der Waals surface area contributed by atoms with Gasteiger partial charge in [0.15, 0.2) is 0 Å². The molecule has 0 radical (unpaired) electrons. The van der Waals surface area contributed by atoms with Gasteiger partial charge in [-0.25, -0.2) is 15.2 Å². The molecule has 3 fully saturated rings. The standard InChI is InChI=1S/C35H64N4O2/c1-25(2)10-8-11-26(3)30-14-15-31-29-13-12-27-24-28(16-18-34(27,4)32(29)17-19-35(30,31)5)39(33(40)41)38-23-9-22-37-21-7-6-20-36/h12,25-26,28-32,37-38H,6-11,13-24,36H2,1-5H3,(H,40,41)/t26-,28?,29?,30-,31?,32?,34+,35-/m1/s1. The van der Waals surface area contributed by atoms with Crippen LogP contribution in [0.25, 0.3) is 0 Å². The lowest BCUT2D eigenvalue weighted by molar-refractivity contribution is -0.0554. The van der Waals surface area contributed by atoms with Gasteiger partial charge >= 0.3 is 6.09 Å². The molecule has 0 bridgehead atoms. The van der Waals surface area contributed by atoms with Crippen LogP contribution in [0.3, 0.4) is 0 Å². The zero-order valence-electron chi connectivity index (χ0n) is 27.2. The summed E-state index contributed by atoms with van der Waals surface area (Å²) in [5, 5.41) is 15.1. The van der Waals surface area contributed by atoms with Crippen LogP contribution >= 0.6 is 0 Å². The number of nitrogens with zero attached hydrogens (tertiary/aromatic N) is 1. The predicted octanol–water partition coefficient (Wildman–Crippen LogP) is 7.60. The third-order valence-corrected chi connectivity index (χ3v) is 12.5. The van der Waals surface area contributed by atoms with Crippen molar-refractivity contribution < 1.29 is 9.90 Å². The second-order valence-corrected chi connectivity index (χ2v) is 15.3. The number of nitrogens with two attached hydrogens (primary N) is 1. The van der Waals surface area contributed by atoms with Crippen molar-refractivity contribution in [3.05, 3.63) is 11.6 Å². The SMILES string of the molecule is CC(C)CCC[C@@H](C)[C@H]1CCC2C3CC=C4CC(N(NCCCNCCCCN)C(=O)O)CC[C@]4(C)C3CC[C@@]21C. The van der Waals surface area contributed by atoms with E-state index in [0.29, 0.717) is 12.0 Å². The molecule has 3 saturated carbocycles. The van der Waals surface area contributed by atoms with Crippen molar-refractivity contribution in [2.75, 3.05) is 26.2 Å². The van der Waals surface area contributed by atoms with Crippen LogP contribution in [0.1, 0.15) is 125 Å². The van der Waals surface area contributed by atoms with E-state index in [4.69, 9.17) is 5.73 Å². The van der Waals surface area contributed by atoms with Crippen molar-refractivity contribution in [1.29, 1.82) is 0 Å². The van der Waals surface area contributed by atoms with Gasteiger partial charge in [-0.15, -0.1) is 0 Å². The Morgan fingerprint density at radius 3 is 2.51 bits per heavy atom. The molecule has 0 spiro atoms. The van der Waals surface area contributed by atoms with Gasteiger partial charge in [-0.3, -0.25) is 0 Å². The van der Waals surface area contributed by atoms with Crippen molar-refractivity contribution >= 4 is 6.09 Å². The maximum atomic E-state index is 12.3. The number of amides is 1. The van der Waals surface area contributed by atoms with E-state index in [1.54, 1.807) is 10.6 Å². The van der Waals surface area contributed by atoms with Crippen LogP contribution < -0.4 is 16.5 Å². The topological polar surface area (TPSA) is 90.6 Å². The van der Waals surface area contributed by atoms with Crippen molar-refractivity contribution in [2.24, 2.45) is 52.1 Å². The Morgan fingerprint density at radius 2 is 1.78 bits per heavy atom. The number of hydrogen-bond acceptors (Lipinski definition) is 4. The highest BCUT2D eigenvalue weighted by molar-refractivity contribution is 5.65. The lowest BCUT2D eigenvalue weighted by Crippen LogP contribution is -2.55. The maximum absolute atomic E-state index is 12.3. The number of hydrazine groups is 1. The van der Waals surface area contributed by atoms with Crippen LogP contribution in [0.2, 0.25) is 0 Å². The molecule has 6 heteroatoms. The molecule has 0 aromatic heterocycles. The molecule has 41 heavy (non-hydrogen) atoms. The zero-order chi connectivity index (χ0) is 29.6. The second kappa shape index (κ2) is 14.6. The van der Waals surface area contributed by atoms with Crippen molar-refractivity contribution in [1.82, 2.24) is 15.8 Å². The molecule has 4 unspecified atom stereocenters. The lowest BCUT2D eigenvalue weighted by Gasteiger charge is -2.59. The number of nitrogens with one attached hydrogen (secondary N) is 2. The molecule has 236 valence electrons.